The summed E-state index contributed by atoms with van der Waals surface area (Å²) in [4.78, 5) is 15.2. The standard InChI is InChI=1S/C13H14N2O4S/c1-7(2)11-14-13(20-15-11)19-9-5-4-8(12(16)17)6-10(9)18-3/h4-7H,1-3H3,(H,16,17). The van der Waals surface area contributed by atoms with Crippen LogP contribution in [0.5, 0.6) is 16.7 Å². The van der Waals surface area contributed by atoms with Gasteiger partial charge in [-0.1, -0.05) is 13.8 Å². The van der Waals surface area contributed by atoms with Crippen LogP contribution in [0, 0.1) is 0 Å². The summed E-state index contributed by atoms with van der Waals surface area (Å²) < 4.78 is 14.9. The molecule has 0 fully saturated rings. The van der Waals surface area contributed by atoms with Crippen molar-refractivity contribution >= 4 is 17.5 Å². The molecule has 7 heteroatoms. The molecule has 0 aliphatic carbocycles. The summed E-state index contributed by atoms with van der Waals surface area (Å²) >= 11 is 1.15. The summed E-state index contributed by atoms with van der Waals surface area (Å²) in [5, 5.41) is 9.33. The zero-order valence-electron chi connectivity index (χ0n) is 11.3. The molecule has 1 N–H and O–H groups in total. The minimum absolute atomic E-state index is 0.134. The second kappa shape index (κ2) is 5.87. The number of carboxylic acid groups (broad SMARTS) is 1. The van der Waals surface area contributed by atoms with Crippen LogP contribution < -0.4 is 9.47 Å². The number of nitrogens with zero attached hydrogens (tertiary/aromatic N) is 2. The molecule has 1 heterocycles. The van der Waals surface area contributed by atoms with Crippen molar-refractivity contribution in [1.29, 1.82) is 0 Å². The summed E-state index contributed by atoms with van der Waals surface area (Å²) in [6.45, 7) is 3.99. The first-order valence-corrected chi connectivity index (χ1v) is 6.71. The van der Waals surface area contributed by atoms with Crippen LogP contribution in [0.2, 0.25) is 0 Å². The van der Waals surface area contributed by atoms with Crippen LogP contribution >= 0.6 is 11.5 Å². The largest absolute Gasteiger partial charge is 0.493 e. The van der Waals surface area contributed by atoms with Crippen LogP contribution in [0.15, 0.2) is 18.2 Å². The van der Waals surface area contributed by atoms with E-state index in [1.54, 1.807) is 6.07 Å². The predicted molar refractivity (Wildman–Crippen MR) is 74.0 cm³/mol. The molecule has 20 heavy (non-hydrogen) atoms. The number of benzene rings is 1. The molecule has 2 aromatic rings. The number of ether oxygens (including phenoxy) is 2. The maximum absolute atomic E-state index is 10.9. The second-order valence-corrected chi connectivity index (χ2v) is 5.06. The summed E-state index contributed by atoms with van der Waals surface area (Å²) in [7, 11) is 1.45. The Morgan fingerprint density at radius 2 is 2.10 bits per heavy atom. The maximum Gasteiger partial charge on any atom is 0.335 e. The Bertz CT molecular complexity index is 625. The van der Waals surface area contributed by atoms with Gasteiger partial charge < -0.3 is 14.6 Å². The van der Waals surface area contributed by atoms with Gasteiger partial charge in [-0.05, 0) is 18.2 Å². The smallest absolute Gasteiger partial charge is 0.335 e. The highest BCUT2D eigenvalue weighted by Gasteiger charge is 2.14. The first kappa shape index (κ1) is 14.3. The molecule has 0 bridgehead atoms. The van der Waals surface area contributed by atoms with E-state index in [2.05, 4.69) is 9.36 Å². The third-order valence-electron chi connectivity index (χ3n) is 2.55. The lowest BCUT2D eigenvalue weighted by atomic mass is 10.2. The first-order valence-electron chi connectivity index (χ1n) is 5.94. The summed E-state index contributed by atoms with van der Waals surface area (Å²) in [6.07, 6.45) is 0. The fourth-order valence-corrected chi connectivity index (χ4v) is 2.16. The highest BCUT2D eigenvalue weighted by atomic mass is 32.1. The molecule has 0 radical (unpaired) electrons. The Hall–Kier alpha value is -2.15. The monoisotopic (exact) mass is 294 g/mol. The van der Waals surface area contributed by atoms with Gasteiger partial charge in [0.25, 0.3) is 5.19 Å². The third-order valence-corrected chi connectivity index (χ3v) is 3.16. The molecule has 1 aromatic heterocycles. The molecule has 106 valence electrons. The van der Waals surface area contributed by atoms with Gasteiger partial charge in [0.2, 0.25) is 0 Å². The fourth-order valence-electron chi connectivity index (χ4n) is 1.48. The van der Waals surface area contributed by atoms with Crippen LogP contribution in [0.1, 0.15) is 35.9 Å². The van der Waals surface area contributed by atoms with Crippen molar-refractivity contribution in [3.05, 3.63) is 29.6 Å². The second-order valence-electron chi connectivity index (χ2n) is 4.35. The highest BCUT2D eigenvalue weighted by molar-refractivity contribution is 7.07. The van der Waals surface area contributed by atoms with Gasteiger partial charge >= 0.3 is 5.97 Å². The normalized spacial score (nSPS) is 10.6. The van der Waals surface area contributed by atoms with Gasteiger partial charge in [0.05, 0.1) is 12.7 Å². The molecule has 1 aromatic carbocycles. The Morgan fingerprint density at radius 3 is 2.65 bits per heavy atom. The van der Waals surface area contributed by atoms with E-state index in [1.807, 2.05) is 13.8 Å². The first-order chi connectivity index (χ1) is 9.51. The number of aromatic nitrogens is 2. The van der Waals surface area contributed by atoms with Crippen molar-refractivity contribution in [3.8, 4) is 16.7 Å². The van der Waals surface area contributed by atoms with Gasteiger partial charge in [0, 0.05) is 17.5 Å². The summed E-state index contributed by atoms with van der Waals surface area (Å²) in [5.41, 5.74) is 0.134. The highest BCUT2D eigenvalue weighted by Crippen LogP contribution is 2.33. The Kier molecular flexibility index (Phi) is 4.19. The number of methoxy groups -OCH3 is 1. The number of carbonyl (C=O) groups is 1. The number of aromatic carboxylic acids is 1. The maximum atomic E-state index is 10.9. The molecular formula is C13H14N2O4S. The topological polar surface area (TPSA) is 81.5 Å². The fraction of sp³-hybridized carbons (Fsp3) is 0.308. The van der Waals surface area contributed by atoms with E-state index in [0.29, 0.717) is 22.5 Å². The molecule has 0 atom stereocenters. The van der Waals surface area contributed by atoms with E-state index in [0.717, 1.165) is 11.5 Å². The van der Waals surface area contributed by atoms with Gasteiger partial charge in [-0.3, -0.25) is 0 Å². The number of hydrogen-bond acceptors (Lipinski definition) is 6. The average Bonchev–Trinajstić information content (AvgIpc) is 2.87. The van der Waals surface area contributed by atoms with Crippen LogP contribution in [0.4, 0.5) is 0 Å². The summed E-state index contributed by atoms with van der Waals surface area (Å²) in [5.74, 6) is 0.661. The molecule has 0 aliphatic heterocycles. The quantitative estimate of drug-likeness (QED) is 0.912. The van der Waals surface area contributed by atoms with Crippen molar-refractivity contribution in [2.45, 2.75) is 19.8 Å². The van der Waals surface area contributed by atoms with Crippen molar-refractivity contribution < 1.29 is 19.4 Å². The van der Waals surface area contributed by atoms with Gasteiger partial charge in [-0.2, -0.15) is 9.36 Å². The number of hydrogen-bond donors (Lipinski definition) is 1. The average molecular weight is 294 g/mol. The lowest BCUT2D eigenvalue weighted by molar-refractivity contribution is 0.0696. The van der Waals surface area contributed by atoms with Gasteiger partial charge in [0.15, 0.2) is 11.5 Å². The van der Waals surface area contributed by atoms with Crippen LogP contribution in [0.25, 0.3) is 0 Å². The van der Waals surface area contributed by atoms with E-state index in [1.165, 1.54) is 19.2 Å². The van der Waals surface area contributed by atoms with Crippen molar-refractivity contribution in [3.63, 3.8) is 0 Å². The zero-order valence-corrected chi connectivity index (χ0v) is 12.1. The number of rotatable bonds is 5. The van der Waals surface area contributed by atoms with Gasteiger partial charge in [-0.15, -0.1) is 0 Å². The lowest BCUT2D eigenvalue weighted by Crippen LogP contribution is -1.98. The molecule has 0 amide bonds. The van der Waals surface area contributed by atoms with Gasteiger partial charge in [0.1, 0.15) is 5.82 Å². The zero-order chi connectivity index (χ0) is 14.7. The van der Waals surface area contributed by atoms with E-state index < -0.39 is 5.97 Å². The SMILES string of the molecule is COc1cc(C(=O)O)ccc1Oc1nc(C(C)C)ns1. The van der Waals surface area contributed by atoms with Gasteiger partial charge in [-0.25, -0.2) is 4.79 Å². The molecule has 0 saturated carbocycles. The van der Waals surface area contributed by atoms with E-state index in [9.17, 15) is 4.79 Å². The predicted octanol–water partition coefficient (Wildman–Crippen LogP) is 3.16. The Morgan fingerprint density at radius 1 is 1.35 bits per heavy atom. The van der Waals surface area contributed by atoms with Crippen molar-refractivity contribution in [2.24, 2.45) is 0 Å². The molecule has 0 unspecified atom stereocenters. The van der Waals surface area contributed by atoms with Crippen LogP contribution in [-0.4, -0.2) is 27.5 Å². The minimum Gasteiger partial charge on any atom is -0.493 e. The number of carboxylic acids is 1. The molecule has 0 aliphatic rings. The molecule has 0 spiro atoms. The molecule has 0 saturated heterocycles. The van der Waals surface area contributed by atoms with E-state index >= 15 is 0 Å². The van der Waals surface area contributed by atoms with Crippen LogP contribution in [0.3, 0.4) is 0 Å². The molecule has 2 rings (SSSR count). The summed E-state index contributed by atoms with van der Waals surface area (Å²) in [6, 6.07) is 4.39. The van der Waals surface area contributed by atoms with E-state index in [-0.39, 0.29) is 11.5 Å². The molecule has 6 nitrogen and oxygen atoms in total. The van der Waals surface area contributed by atoms with Crippen molar-refractivity contribution in [2.75, 3.05) is 7.11 Å². The third kappa shape index (κ3) is 3.05. The van der Waals surface area contributed by atoms with Crippen molar-refractivity contribution in [1.82, 2.24) is 9.36 Å². The Balaban J connectivity index is 2.25. The molecular weight excluding hydrogens is 280 g/mol. The minimum atomic E-state index is -1.02. The van der Waals surface area contributed by atoms with E-state index in [4.69, 9.17) is 14.6 Å². The van der Waals surface area contributed by atoms with Crippen LogP contribution in [-0.2, 0) is 0 Å². The lowest BCUT2D eigenvalue weighted by Gasteiger charge is -2.08. The Labute approximate surface area is 120 Å².